The highest BCUT2D eigenvalue weighted by Crippen LogP contribution is 2.23. The molecule has 0 radical (unpaired) electrons. The first kappa shape index (κ1) is 17.9. The number of carbonyl (C=O) groups excluding carboxylic acids is 1. The number of aryl methyl sites for hydroxylation is 1. The van der Waals surface area contributed by atoms with E-state index >= 15 is 0 Å². The minimum Gasteiger partial charge on any atom is -0.487 e. The predicted octanol–water partition coefficient (Wildman–Crippen LogP) is 0.952. The number of ether oxygens (including phenoxy) is 1. The zero-order chi connectivity index (χ0) is 18.5. The molecule has 0 saturated carbocycles. The molecule has 1 amide bonds. The van der Waals surface area contributed by atoms with Gasteiger partial charge in [-0.05, 0) is 13.0 Å². The number of anilines is 1. The minimum absolute atomic E-state index is 0.0632. The smallest absolute Gasteiger partial charge is 0.293 e. The molecule has 0 spiro atoms. The molecule has 2 aromatic rings. The van der Waals surface area contributed by atoms with Gasteiger partial charge in [-0.25, -0.2) is 4.98 Å². The molecule has 1 N–H and O–H groups in total. The molecule has 8 nitrogen and oxygen atoms in total. The zero-order valence-corrected chi connectivity index (χ0v) is 15.0. The maximum atomic E-state index is 12.4. The third-order valence-corrected chi connectivity index (χ3v) is 4.37. The maximum absolute atomic E-state index is 12.4. The first-order valence-corrected chi connectivity index (χ1v) is 8.73. The molecule has 0 aromatic carbocycles. The van der Waals surface area contributed by atoms with E-state index in [2.05, 4.69) is 15.3 Å². The number of hydrogen-bond donors (Lipinski definition) is 1. The molecular formula is C18H23N5O3. The Bertz CT molecular complexity index is 836. The zero-order valence-electron chi connectivity index (χ0n) is 15.0. The lowest BCUT2D eigenvalue weighted by atomic mass is 10.2. The normalized spacial score (nSPS) is 16.5. The number of nitrogens with zero attached hydrogens (tertiary/aromatic N) is 4. The van der Waals surface area contributed by atoms with E-state index in [0.717, 1.165) is 12.0 Å². The first-order valence-electron chi connectivity index (χ1n) is 8.73. The van der Waals surface area contributed by atoms with Crippen LogP contribution in [0.4, 0.5) is 5.82 Å². The highest BCUT2D eigenvalue weighted by Gasteiger charge is 2.27. The Labute approximate surface area is 151 Å². The molecule has 138 valence electrons. The summed E-state index contributed by atoms with van der Waals surface area (Å²) >= 11 is 0. The molecule has 1 atom stereocenters. The van der Waals surface area contributed by atoms with Gasteiger partial charge in [-0.3, -0.25) is 14.6 Å². The van der Waals surface area contributed by atoms with E-state index in [1.54, 1.807) is 29.4 Å². The molecule has 3 heterocycles. The van der Waals surface area contributed by atoms with Crippen molar-refractivity contribution in [2.24, 2.45) is 0 Å². The van der Waals surface area contributed by atoms with E-state index in [1.165, 1.54) is 6.92 Å². The number of nitrogens with one attached hydrogen (secondary N) is 1. The average molecular weight is 357 g/mol. The molecule has 0 aliphatic carbocycles. The average Bonchev–Trinajstić information content (AvgIpc) is 3.09. The predicted molar refractivity (Wildman–Crippen MR) is 97.2 cm³/mol. The third-order valence-electron chi connectivity index (χ3n) is 4.37. The Hall–Kier alpha value is -2.90. The molecule has 1 fully saturated rings. The molecule has 1 aliphatic heterocycles. The largest absolute Gasteiger partial charge is 0.487 e. The van der Waals surface area contributed by atoms with Crippen LogP contribution in [-0.2, 0) is 17.9 Å². The van der Waals surface area contributed by atoms with Crippen LogP contribution >= 0.6 is 0 Å². The van der Waals surface area contributed by atoms with Gasteiger partial charge in [0, 0.05) is 57.1 Å². The Kier molecular flexibility index (Phi) is 5.50. The lowest BCUT2D eigenvalue weighted by molar-refractivity contribution is -0.119. The summed E-state index contributed by atoms with van der Waals surface area (Å²) < 4.78 is 7.74. The molecule has 0 bridgehead atoms. The molecular weight excluding hydrogens is 334 g/mol. The van der Waals surface area contributed by atoms with Crippen LogP contribution in [0.25, 0.3) is 0 Å². The van der Waals surface area contributed by atoms with Gasteiger partial charge in [-0.1, -0.05) is 0 Å². The molecule has 1 aliphatic rings. The summed E-state index contributed by atoms with van der Waals surface area (Å²) in [5.41, 5.74) is 0.795. The van der Waals surface area contributed by atoms with E-state index in [1.807, 2.05) is 17.9 Å². The van der Waals surface area contributed by atoms with Crippen molar-refractivity contribution in [3.63, 3.8) is 0 Å². The van der Waals surface area contributed by atoms with Crippen LogP contribution in [0.2, 0.25) is 0 Å². The number of aromatic nitrogens is 3. The van der Waals surface area contributed by atoms with E-state index in [4.69, 9.17) is 4.74 Å². The SMILES string of the molecule is CCn1ccnc(N2CC[C@H](Oc3cnccc3CNC(C)=O)C2)c1=O. The Morgan fingerprint density at radius 3 is 3.04 bits per heavy atom. The summed E-state index contributed by atoms with van der Waals surface area (Å²) in [5.74, 6) is 1.02. The third kappa shape index (κ3) is 4.01. The van der Waals surface area contributed by atoms with Crippen molar-refractivity contribution in [3.8, 4) is 5.75 Å². The number of hydrogen-bond acceptors (Lipinski definition) is 6. The first-order chi connectivity index (χ1) is 12.6. The fourth-order valence-corrected chi connectivity index (χ4v) is 2.98. The van der Waals surface area contributed by atoms with E-state index in [-0.39, 0.29) is 17.6 Å². The van der Waals surface area contributed by atoms with Crippen LogP contribution < -0.4 is 20.5 Å². The van der Waals surface area contributed by atoms with Crippen molar-refractivity contribution in [3.05, 3.63) is 46.8 Å². The molecule has 0 unspecified atom stereocenters. The number of rotatable bonds is 6. The van der Waals surface area contributed by atoms with E-state index in [0.29, 0.717) is 37.7 Å². The second-order valence-corrected chi connectivity index (χ2v) is 6.21. The van der Waals surface area contributed by atoms with Crippen molar-refractivity contribution in [2.75, 3.05) is 18.0 Å². The van der Waals surface area contributed by atoms with Crippen molar-refractivity contribution >= 4 is 11.7 Å². The second kappa shape index (κ2) is 7.99. The monoisotopic (exact) mass is 357 g/mol. The van der Waals surface area contributed by atoms with Crippen LogP contribution in [0.15, 0.2) is 35.6 Å². The van der Waals surface area contributed by atoms with Gasteiger partial charge in [0.15, 0.2) is 5.82 Å². The number of amides is 1. The summed E-state index contributed by atoms with van der Waals surface area (Å²) in [7, 11) is 0. The Balaban J connectivity index is 1.69. The fourth-order valence-electron chi connectivity index (χ4n) is 2.98. The van der Waals surface area contributed by atoms with Crippen LogP contribution in [0.1, 0.15) is 25.8 Å². The summed E-state index contributed by atoms with van der Waals surface area (Å²) in [6.45, 7) is 5.72. The van der Waals surface area contributed by atoms with E-state index < -0.39 is 0 Å². The van der Waals surface area contributed by atoms with Gasteiger partial charge >= 0.3 is 0 Å². The molecule has 3 rings (SSSR count). The van der Waals surface area contributed by atoms with Gasteiger partial charge in [0.2, 0.25) is 5.91 Å². The summed E-state index contributed by atoms with van der Waals surface area (Å²) in [6.07, 6.45) is 7.40. The maximum Gasteiger partial charge on any atom is 0.293 e. The van der Waals surface area contributed by atoms with Gasteiger partial charge in [-0.2, -0.15) is 0 Å². The summed E-state index contributed by atoms with van der Waals surface area (Å²) in [5, 5.41) is 2.77. The quantitative estimate of drug-likeness (QED) is 0.828. The van der Waals surface area contributed by atoms with Gasteiger partial charge in [0.1, 0.15) is 11.9 Å². The number of pyridine rings is 1. The second-order valence-electron chi connectivity index (χ2n) is 6.21. The summed E-state index contributed by atoms with van der Waals surface area (Å²) in [4.78, 5) is 33.9. The summed E-state index contributed by atoms with van der Waals surface area (Å²) in [6, 6.07) is 1.83. The Morgan fingerprint density at radius 2 is 2.27 bits per heavy atom. The van der Waals surface area contributed by atoms with Crippen molar-refractivity contribution < 1.29 is 9.53 Å². The van der Waals surface area contributed by atoms with E-state index in [9.17, 15) is 9.59 Å². The lowest BCUT2D eigenvalue weighted by Gasteiger charge is -2.19. The molecule has 1 saturated heterocycles. The molecule has 2 aromatic heterocycles. The minimum atomic E-state index is -0.0952. The lowest BCUT2D eigenvalue weighted by Crippen LogP contribution is -2.33. The van der Waals surface area contributed by atoms with Crippen LogP contribution in [0, 0.1) is 0 Å². The highest BCUT2D eigenvalue weighted by molar-refractivity contribution is 5.72. The van der Waals surface area contributed by atoms with Gasteiger partial charge < -0.3 is 19.5 Å². The molecule has 26 heavy (non-hydrogen) atoms. The topological polar surface area (TPSA) is 89.3 Å². The van der Waals surface area contributed by atoms with Crippen LogP contribution in [-0.4, -0.2) is 39.6 Å². The van der Waals surface area contributed by atoms with Crippen LogP contribution in [0.3, 0.4) is 0 Å². The highest BCUT2D eigenvalue weighted by atomic mass is 16.5. The van der Waals surface area contributed by atoms with Crippen molar-refractivity contribution in [1.29, 1.82) is 0 Å². The fraction of sp³-hybridized carbons (Fsp3) is 0.444. The van der Waals surface area contributed by atoms with Crippen molar-refractivity contribution in [1.82, 2.24) is 19.9 Å². The molecule has 8 heteroatoms. The Morgan fingerprint density at radius 1 is 1.42 bits per heavy atom. The van der Waals surface area contributed by atoms with Crippen LogP contribution in [0.5, 0.6) is 5.75 Å². The van der Waals surface area contributed by atoms with Crippen molar-refractivity contribution in [2.45, 2.75) is 39.5 Å². The standard InChI is InChI=1S/C18H23N5O3/c1-3-22-9-7-20-17(18(22)25)23-8-5-15(12-23)26-16-11-19-6-4-14(16)10-21-13(2)24/h4,6-7,9,11,15H,3,5,8,10,12H2,1-2H3,(H,21,24)/t15-/m0/s1. The van der Waals surface area contributed by atoms with Gasteiger partial charge in [0.05, 0.1) is 12.7 Å². The van der Waals surface area contributed by atoms with Gasteiger partial charge in [0.25, 0.3) is 5.56 Å². The van der Waals surface area contributed by atoms with Gasteiger partial charge in [-0.15, -0.1) is 0 Å². The number of carbonyl (C=O) groups is 1.